The molecule has 1 aliphatic heterocycles. The number of anilines is 2. The van der Waals surface area contributed by atoms with Crippen LogP contribution in [0.25, 0.3) is 11.5 Å². The van der Waals surface area contributed by atoms with Crippen molar-refractivity contribution in [2.24, 2.45) is 0 Å². The molecule has 1 fully saturated rings. The summed E-state index contributed by atoms with van der Waals surface area (Å²) in [5.41, 5.74) is 1.86. The third-order valence-corrected chi connectivity index (χ3v) is 5.36. The van der Waals surface area contributed by atoms with E-state index in [4.69, 9.17) is 4.42 Å². The number of aromatic nitrogens is 2. The minimum absolute atomic E-state index is 0.112. The molecule has 22 heavy (non-hydrogen) atoms. The normalized spacial score (nSPS) is 20.0. The summed E-state index contributed by atoms with van der Waals surface area (Å²) in [6.45, 7) is 0. The first-order chi connectivity index (χ1) is 10.4. The molecule has 118 valence electrons. The van der Waals surface area contributed by atoms with Crippen molar-refractivity contribution in [1.29, 1.82) is 0 Å². The number of nitrogens with one attached hydrogen (secondary N) is 1. The first kappa shape index (κ1) is 14.8. The number of sulfone groups is 1. The van der Waals surface area contributed by atoms with Gasteiger partial charge in [-0.1, -0.05) is 11.2 Å². The Balaban J connectivity index is 1.75. The highest BCUT2D eigenvalue weighted by atomic mass is 32.2. The van der Waals surface area contributed by atoms with Crippen molar-refractivity contribution in [3.05, 3.63) is 24.3 Å². The lowest BCUT2D eigenvalue weighted by Gasteiger charge is -2.12. The van der Waals surface area contributed by atoms with Gasteiger partial charge in [-0.15, -0.1) is 5.10 Å². The Hall–Kier alpha value is -2.09. The van der Waals surface area contributed by atoms with Crippen LogP contribution in [0, 0.1) is 0 Å². The summed E-state index contributed by atoms with van der Waals surface area (Å²) in [5, 5.41) is 11.0. The second kappa shape index (κ2) is 5.60. The van der Waals surface area contributed by atoms with Crippen LogP contribution in [-0.2, 0) is 9.84 Å². The molecule has 1 aromatic heterocycles. The largest absolute Gasteiger partial charge is 0.403 e. The van der Waals surface area contributed by atoms with Gasteiger partial charge in [0.05, 0.1) is 11.5 Å². The zero-order valence-electron chi connectivity index (χ0n) is 12.5. The molecule has 0 aliphatic carbocycles. The van der Waals surface area contributed by atoms with E-state index in [0.29, 0.717) is 12.3 Å². The highest BCUT2D eigenvalue weighted by molar-refractivity contribution is 7.91. The first-order valence-electron chi connectivity index (χ1n) is 7.01. The summed E-state index contributed by atoms with van der Waals surface area (Å²) in [7, 11) is 0.984. The summed E-state index contributed by atoms with van der Waals surface area (Å²) in [6.07, 6.45) is 0.566. The summed E-state index contributed by atoms with van der Waals surface area (Å²) in [4.78, 5) is 1.99. The maximum absolute atomic E-state index is 11.4. The molecule has 1 atom stereocenters. The van der Waals surface area contributed by atoms with Gasteiger partial charge in [-0.3, -0.25) is 0 Å². The van der Waals surface area contributed by atoms with Crippen molar-refractivity contribution in [2.75, 3.05) is 35.8 Å². The summed E-state index contributed by atoms with van der Waals surface area (Å²) >= 11 is 0. The minimum Gasteiger partial charge on any atom is -0.403 e. The van der Waals surface area contributed by atoms with E-state index < -0.39 is 9.84 Å². The van der Waals surface area contributed by atoms with Crippen molar-refractivity contribution < 1.29 is 12.8 Å². The molecule has 0 radical (unpaired) electrons. The lowest BCUT2D eigenvalue weighted by molar-refractivity contribution is 0.571. The van der Waals surface area contributed by atoms with Crippen LogP contribution >= 0.6 is 0 Å². The molecule has 1 aromatic carbocycles. The van der Waals surface area contributed by atoms with Crippen LogP contribution in [0.1, 0.15) is 6.42 Å². The van der Waals surface area contributed by atoms with Gasteiger partial charge in [0.25, 0.3) is 0 Å². The SMILES string of the molecule is CN(C)c1cccc(-c2nnc(NC3CCS(=O)(=O)C3)o2)c1. The van der Waals surface area contributed by atoms with Gasteiger partial charge in [-0.2, -0.15) is 0 Å². The maximum Gasteiger partial charge on any atom is 0.315 e. The molecule has 0 spiro atoms. The molecule has 2 aromatic rings. The second-order valence-corrected chi connectivity index (χ2v) is 7.83. The standard InChI is InChI=1S/C14H18N4O3S/c1-18(2)12-5-3-4-10(8-12)13-16-17-14(21-13)15-11-6-7-22(19,20)9-11/h3-5,8,11H,6-7,9H2,1-2H3,(H,15,17). The first-order valence-corrected chi connectivity index (χ1v) is 8.83. The van der Waals surface area contributed by atoms with E-state index in [1.807, 2.05) is 43.3 Å². The number of hydrogen-bond acceptors (Lipinski definition) is 7. The zero-order chi connectivity index (χ0) is 15.7. The van der Waals surface area contributed by atoms with Gasteiger partial charge >= 0.3 is 6.01 Å². The van der Waals surface area contributed by atoms with Gasteiger partial charge in [-0.05, 0) is 24.6 Å². The molecular formula is C14H18N4O3S. The van der Waals surface area contributed by atoms with E-state index in [1.54, 1.807) is 0 Å². The van der Waals surface area contributed by atoms with E-state index >= 15 is 0 Å². The number of benzene rings is 1. The Kier molecular flexibility index (Phi) is 3.78. The van der Waals surface area contributed by atoms with Gasteiger partial charge in [0, 0.05) is 31.4 Å². The van der Waals surface area contributed by atoms with Gasteiger partial charge in [-0.25, -0.2) is 8.42 Å². The lowest BCUT2D eigenvalue weighted by atomic mass is 10.2. The Labute approximate surface area is 129 Å². The highest BCUT2D eigenvalue weighted by Gasteiger charge is 2.28. The van der Waals surface area contributed by atoms with Crippen LogP contribution in [0.15, 0.2) is 28.7 Å². The Morgan fingerprint density at radius 2 is 2.14 bits per heavy atom. The molecule has 7 nitrogen and oxygen atoms in total. The fourth-order valence-electron chi connectivity index (χ4n) is 2.40. The predicted octanol–water partition coefficient (Wildman–Crippen LogP) is 1.40. The molecule has 0 amide bonds. The van der Waals surface area contributed by atoms with Crippen LogP contribution in [0.2, 0.25) is 0 Å². The third-order valence-electron chi connectivity index (χ3n) is 3.59. The average Bonchev–Trinajstić information content (AvgIpc) is 3.06. The van der Waals surface area contributed by atoms with Crippen molar-refractivity contribution in [3.8, 4) is 11.5 Å². The Bertz CT molecular complexity index is 770. The van der Waals surface area contributed by atoms with Crippen molar-refractivity contribution in [3.63, 3.8) is 0 Å². The van der Waals surface area contributed by atoms with Crippen LogP contribution in [-0.4, -0.2) is 50.3 Å². The highest BCUT2D eigenvalue weighted by Crippen LogP contribution is 2.25. The van der Waals surface area contributed by atoms with Gasteiger partial charge < -0.3 is 14.6 Å². The lowest BCUT2D eigenvalue weighted by Crippen LogP contribution is -2.20. The van der Waals surface area contributed by atoms with Crippen molar-refractivity contribution >= 4 is 21.5 Å². The van der Waals surface area contributed by atoms with Crippen LogP contribution in [0.4, 0.5) is 11.7 Å². The molecule has 1 N–H and O–H groups in total. The molecule has 1 saturated heterocycles. The summed E-state index contributed by atoms with van der Waals surface area (Å²) in [5.74, 6) is 0.726. The number of hydrogen-bond donors (Lipinski definition) is 1. The quantitative estimate of drug-likeness (QED) is 0.910. The molecule has 8 heteroatoms. The number of rotatable bonds is 4. The van der Waals surface area contributed by atoms with Crippen molar-refractivity contribution in [1.82, 2.24) is 10.2 Å². The maximum atomic E-state index is 11.4. The van der Waals surface area contributed by atoms with E-state index in [0.717, 1.165) is 11.3 Å². The van der Waals surface area contributed by atoms with Crippen LogP contribution in [0.3, 0.4) is 0 Å². The zero-order valence-corrected chi connectivity index (χ0v) is 13.3. The smallest absolute Gasteiger partial charge is 0.315 e. The van der Waals surface area contributed by atoms with E-state index in [-0.39, 0.29) is 23.6 Å². The van der Waals surface area contributed by atoms with E-state index in [9.17, 15) is 8.42 Å². The van der Waals surface area contributed by atoms with Gasteiger partial charge in [0.15, 0.2) is 9.84 Å². The molecule has 3 rings (SSSR count). The third kappa shape index (κ3) is 3.22. The molecule has 1 aliphatic rings. The average molecular weight is 322 g/mol. The molecule has 0 bridgehead atoms. The molecule has 2 heterocycles. The molecule has 0 saturated carbocycles. The topological polar surface area (TPSA) is 88.3 Å². The van der Waals surface area contributed by atoms with Crippen LogP contribution in [0.5, 0.6) is 0 Å². The van der Waals surface area contributed by atoms with E-state index in [2.05, 4.69) is 15.5 Å². The Morgan fingerprint density at radius 1 is 1.32 bits per heavy atom. The Morgan fingerprint density at radius 3 is 2.82 bits per heavy atom. The van der Waals surface area contributed by atoms with Gasteiger partial charge in [0.1, 0.15) is 0 Å². The van der Waals surface area contributed by atoms with E-state index in [1.165, 1.54) is 0 Å². The fraction of sp³-hybridized carbons (Fsp3) is 0.429. The molecule has 1 unspecified atom stereocenters. The monoisotopic (exact) mass is 322 g/mol. The summed E-state index contributed by atoms with van der Waals surface area (Å²) in [6, 6.07) is 7.86. The van der Waals surface area contributed by atoms with Crippen LogP contribution < -0.4 is 10.2 Å². The molecular weight excluding hydrogens is 304 g/mol. The van der Waals surface area contributed by atoms with Crippen molar-refractivity contribution in [2.45, 2.75) is 12.5 Å². The second-order valence-electron chi connectivity index (χ2n) is 5.60. The summed E-state index contributed by atoms with van der Waals surface area (Å²) < 4.78 is 28.5. The minimum atomic E-state index is -2.93. The number of nitrogens with zero attached hydrogens (tertiary/aromatic N) is 3. The fourth-order valence-corrected chi connectivity index (χ4v) is 4.07. The predicted molar refractivity (Wildman–Crippen MR) is 84.7 cm³/mol. The van der Waals surface area contributed by atoms with Gasteiger partial charge in [0.2, 0.25) is 5.89 Å².